The molecule has 28 heavy (non-hydrogen) atoms. The maximum absolute atomic E-state index is 11.6. The summed E-state index contributed by atoms with van der Waals surface area (Å²) in [6.45, 7) is 1.32. The summed E-state index contributed by atoms with van der Waals surface area (Å²) in [5, 5.41) is 5.04. The second-order valence-electron chi connectivity index (χ2n) is 6.70. The molecule has 146 valence electrons. The molecule has 0 saturated carbocycles. The lowest BCUT2D eigenvalue weighted by atomic mass is 10.1. The lowest BCUT2D eigenvalue weighted by Crippen LogP contribution is -2.37. The number of rotatable bonds is 5. The standard InChI is InChI=1S/C18H19N5O4S/c1-28(25,26)15-4-2-13(3-5-15)23-17-16(10-21-23)18(20-11-19-17)27-14-6-8-22(12-24)9-7-14/h2-5,10-12,14H,6-9H2,1H3. The number of aromatic nitrogens is 4. The zero-order valence-electron chi connectivity index (χ0n) is 15.2. The van der Waals surface area contributed by atoms with Crippen molar-refractivity contribution in [3.05, 3.63) is 36.8 Å². The molecule has 1 aliphatic rings. The number of likely N-dealkylation sites (tertiary alicyclic amines) is 1. The van der Waals surface area contributed by atoms with Gasteiger partial charge >= 0.3 is 0 Å². The van der Waals surface area contributed by atoms with Gasteiger partial charge in [0.1, 0.15) is 17.8 Å². The van der Waals surface area contributed by atoms with Crippen molar-refractivity contribution in [2.45, 2.75) is 23.8 Å². The van der Waals surface area contributed by atoms with Gasteiger partial charge in [0.15, 0.2) is 15.5 Å². The van der Waals surface area contributed by atoms with Gasteiger partial charge in [-0.15, -0.1) is 0 Å². The molecule has 0 radical (unpaired) electrons. The first kappa shape index (κ1) is 18.4. The van der Waals surface area contributed by atoms with Crippen LogP contribution >= 0.6 is 0 Å². The van der Waals surface area contributed by atoms with Crippen molar-refractivity contribution in [2.24, 2.45) is 0 Å². The van der Waals surface area contributed by atoms with E-state index >= 15 is 0 Å². The van der Waals surface area contributed by atoms with Crippen LogP contribution in [0.15, 0.2) is 41.7 Å². The lowest BCUT2D eigenvalue weighted by molar-refractivity contribution is -0.119. The molecule has 1 fully saturated rings. The molecule has 0 N–H and O–H groups in total. The van der Waals surface area contributed by atoms with Crippen LogP contribution in [-0.2, 0) is 14.6 Å². The van der Waals surface area contributed by atoms with Crippen molar-refractivity contribution in [3.63, 3.8) is 0 Å². The first-order valence-corrected chi connectivity index (χ1v) is 10.7. The zero-order valence-corrected chi connectivity index (χ0v) is 16.0. The van der Waals surface area contributed by atoms with Crippen LogP contribution in [0.25, 0.3) is 16.7 Å². The number of carbonyl (C=O) groups is 1. The Balaban J connectivity index is 1.61. The van der Waals surface area contributed by atoms with Crippen LogP contribution in [0.5, 0.6) is 5.88 Å². The number of nitrogens with zero attached hydrogens (tertiary/aromatic N) is 5. The number of fused-ring (bicyclic) bond motifs is 1. The van der Waals surface area contributed by atoms with Crippen LogP contribution in [0.3, 0.4) is 0 Å². The van der Waals surface area contributed by atoms with Gasteiger partial charge in [-0.05, 0) is 24.3 Å². The molecule has 1 aliphatic heterocycles. The number of hydrogen-bond acceptors (Lipinski definition) is 7. The number of amides is 1. The molecule has 1 aromatic carbocycles. The summed E-state index contributed by atoms with van der Waals surface area (Å²) in [5.41, 5.74) is 1.26. The summed E-state index contributed by atoms with van der Waals surface area (Å²) >= 11 is 0. The predicted molar refractivity (Wildman–Crippen MR) is 101 cm³/mol. The molecule has 2 aromatic heterocycles. The van der Waals surface area contributed by atoms with Crippen molar-refractivity contribution >= 4 is 27.3 Å². The monoisotopic (exact) mass is 401 g/mol. The Morgan fingerprint density at radius 3 is 2.50 bits per heavy atom. The molecule has 1 saturated heterocycles. The highest BCUT2D eigenvalue weighted by atomic mass is 32.2. The maximum atomic E-state index is 11.6. The van der Waals surface area contributed by atoms with Gasteiger partial charge in [-0.25, -0.2) is 23.1 Å². The largest absolute Gasteiger partial charge is 0.474 e. The van der Waals surface area contributed by atoms with Gasteiger partial charge in [0.25, 0.3) is 0 Å². The van der Waals surface area contributed by atoms with Crippen molar-refractivity contribution in [2.75, 3.05) is 19.3 Å². The Kier molecular flexibility index (Phi) is 4.71. The van der Waals surface area contributed by atoms with Gasteiger partial charge in [0.2, 0.25) is 12.3 Å². The molecule has 0 atom stereocenters. The maximum Gasteiger partial charge on any atom is 0.228 e. The van der Waals surface area contributed by atoms with E-state index in [2.05, 4.69) is 15.1 Å². The SMILES string of the molecule is CS(=O)(=O)c1ccc(-n2ncc3c(OC4CCN(C=O)CC4)ncnc32)cc1. The predicted octanol–water partition coefficient (Wildman–Crippen LogP) is 1.22. The summed E-state index contributed by atoms with van der Waals surface area (Å²) in [6.07, 6.45) is 6.54. The number of benzene rings is 1. The number of piperidine rings is 1. The van der Waals surface area contributed by atoms with E-state index in [0.717, 1.165) is 19.3 Å². The highest BCUT2D eigenvalue weighted by Gasteiger charge is 2.22. The summed E-state index contributed by atoms with van der Waals surface area (Å²) < 4.78 is 30.9. The topological polar surface area (TPSA) is 107 Å². The average molecular weight is 401 g/mol. The van der Waals surface area contributed by atoms with E-state index in [0.29, 0.717) is 35.7 Å². The summed E-state index contributed by atoms with van der Waals surface area (Å²) in [7, 11) is -3.26. The molecule has 4 rings (SSSR count). The van der Waals surface area contributed by atoms with Gasteiger partial charge in [-0.1, -0.05) is 0 Å². The number of sulfone groups is 1. The smallest absolute Gasteiger partial charge is 0.228 e. The molecule has 0 aliphatic carbocycles. The highest BCUT2D eigenvalue weighted by molar-refractivity contribution is 7.90. The molecule has 0 unspecified atom stereocenters. The Morgan fingerprint density at radius 2 is 1.86 bits per heavy atom. The molecule has 0 bridgehead atoms. The normalized spacial score (nSPS) is 15.7. The van der Waals surface area contributed by atoms with Gasteiger partial charge in [0.05, 0.1) is 16.8 Å². The van der Waals surface area contributed by atoms with Crippen LogP contribution in [0, 0.1) is 0 Å². The molecule has 3 aromatic rings. The van der Waals surface area contributed by atoms with Crippen molar-refractivity contribution in [1.29, 1.82) is 0 Å². The van der Waals surface area contributed by atoms with Crippen molar-refractivity contribution < 1.29 is 17.9 Å². The molecular weight excluding hydrogens is 382 g/mol. The summed E-state index contributed by atoms with van der Waals surface area (Å²) in [4.78, 5) is 21.4. The van der Waals surface area contributed by atoms with E-state index in [9.17, 15) is 13.2 Å². The van der Waals surface area contributed by atoms with Gasteiger partial charge in [-0.2, -0.15) is 5.10 Å². The summed E-state index contributed by atoms with van der Waals surface area (Å²) in [5.74, 6) is 0.452. The van der Waals surface area contributed by atoms with E-state index < -0.39 is 9.84 Å². The molecule has 3 heterocycles. The fourth-order valence-corrected chi connectivity index (χ4v) is 3.83. The van der Waals surface area contributed by atoms with Crippen LogP contribution < -0.4 is 4.74 Å². The number of ether oxygens (including phenoxy) is 1. The Hall–Kier alpha value is -3.01. The first-order valence-electron chi connectivity index (χ1n) is 8.81. The van der Waals surface area contributed by atoms with E-state index in [1.54, 1.807) is 27.9 Å². The third-order valence-corrected chi connectivity index (χ3v) is 5.87. The quantitative estimate of drug-likeness (QED) is 0.592. The Bertz CT molecular complexity index is 1100. The molecule has 9 nitrogen and oxygen atoms in total. The third-order valence-electron chi connectivity index (χ3n) is 4.74. The van der Waals surface area contributed by atoms with Crippen molar-refractivity contribution in [3.8, 4) is 11.6 Å². The molecule has 1 amide bonds. The number of hydrogen-bond donors (Lipinski definition) is 0. The van der Waals surface area contributed by atoms with Gasteiger partial charge in [-0.3, -0.25) is 4.79 Å². The number of carbonyl (C=O) groups excluding carboxylic acids is 1. The minimum Gasteiger partial charge on any atom is -0.474 e. The van der Waals surface area contributed by atoms with Crippen LogP contribution in [0.4, 0.5) is 0 Å². The van der Waals surface area contributed by atoms with Crippen molar-refractivity contribution in [1.82, 2.24) is 24.6 Å². The fraction of sp³-hybridized carbons (Fsp3) is 0.333. The lowest BCUT2D eigenvalue weighted by Gasteiger charge is -2.29. The van der Waals surface area contributed by atoms with Crippen LogP contribution in [0.2, 0.25) is 0 Å². The zero-order chi connectivity index (χ0) is 19.7. The Labute approximate surface area is 161 Å². The molecule has 10 heteroatoms. The van der Waals surface area contributed by atoms with Gasteiger partial charge < -0.3 is 9.64 Å². The minimum absolute atomic E-state index is 0.0216. The Morgan fingerprint density at radius 1 is 1.14 bits per heavy atom. The van der Waals surface area contributed by atoms with E-state index in [4.69, 9.17) is 4.74 Å². The summed E-state index contributed by atoms with van der Waals surface area (Å²) in [6, 6.07) is 6.44. The minimum atomic E-state index is -3.26. The van der Waals surface area contributed by atoms with E-state index in [1.165, 1.54) is 24.7 Å². The first-order chi connectivity index (χ1) is 13.5. The molecular formula is C18H19N5O4S. The fourth-order valence-electron chi connectivity index (χ4n) is 3.20. The highest BCUT2D eigenvalue weighted by Crippen LogP contribution is 2.26. The third kappa shape index (κ3) is 3.55. The van der Waals surface area contributed by atoms with Crippen LogP contribution in [0.1, 0.15) is 12.8 Å². The molecule has 0 spiro atoms. The second-order valence-corrected chi connectivity index (χ2v) is 8.71. The second kappa shape index (κ2) is 7.19. The van der Waals surface area contributed by atoms with E-state index in [-0.39, 0.29) is 11.0 Å². The van der Waals surface area contributed by atoms with Crippen LogP contribution in [-0.4, -0.2) is 64.9 Å². The van der Waals surface area contributed by atoms with E-state index in [1.807, 2.05) is 0 Å². The average Bonchev–Trinajstić information content (AvgIpc) is 3.13. The van der Waals surface area contributed by atoms with Gasteiger partial charge in [0, 0.05) is 32.2 Å².